The molecule has 0 aliphatic rings. The first-order chi connectivity index (χ1) is 13.1. The highest BCUT2D eigenvalue weighted by Gasteiger charge is 2.16. The number of aryl methyl sites for hydroxylation is 1. The van der Waals surface area contributed by atoms with Crippen LogP contribution in [0.15, 0.2) is 41.4 Å². The van der Waals surface area contributed by atoms with Crippen molar-refractivity contribution in [3.8, 4) is 23.8 Å². The SMILES string of the molecule is C#CCn1c(=NC(=O)c2cccc(OC)c2OC)sc2cc(CC)ccc21. The molecule has 1 aromatic heterocycles. The van der Waals surface area contributed by atoms with Crippen LogP contribution >= 0.6 is 11.3 Å². The Labute approximate surface area is 161 Å². The Kier molecular flexibility index (Phi) is 5.63. The third kappa shape index (κ3) is 3.60. The van der Waals surface area contributed by atoms with Crippen LogP contribution in [0.3, 0.4) is 0 Å². The van der Waals surface area contributed by atoms with Crippen LogP contribution in [0.25, 0.3) is 10.2 Å². The number of amides is 1. The van der Waals surface area contributed by atoms with Gasteiger partial charge in [0.1, 0.15) is 0 Å². The van der Waals surface area contributed by atoms with Crippen molar-refractivity contribution in [3.63, 3.8) is 0 Å². The van der Waals surface area contributed by atoms with Gasteiger partial charge >= 0.3 is 0 Å². The molecule has 6 heteroatoms. The molecule has 0 saturated heterocycles. The molecule has 27 heavy (non-hydrogen) atoms. The maximum Gasteiger partial charge on any atom is 0.283 e. The number of thiazole rings is 1. The number of aromatic nitrogens is 1. The minimum absolute atomic E-state index is 0.340. The van der Waals surface area contributed by atoms with Gasteiger partial charge in [-0.15, -0.1) is 6.42 Å². The summed E-state index contributed by atoms with van der Waals surface area (Å²) in [6, 6.07) is 11.3. The molecule has 1 amide bonds. The van der Waals surface area contributed by atoms with E-state index in [0.29, 0.717) is 28.4 Å². The number of carbonyl (C=O) groups is 1. The number of rotatable bonds is 5. The summed E-state index contributed by atoms with van der Waals surface area (Å²) in [5.74, 6) is 3.09. The standard InChI is InChI=1S/C21H20N2O3S/c1-5-12-23-16-11-10-14(6-2)13-18(16)27-21(23)22-20(24)15-8-7-9-17(25-3)19(15)26-4/h1,7-11,13H,6,12H2,2-4H3. The highest BCUT2D eigenvalue weighted by Crippen LogP contribution is 2.31. The van der Waals surface area contributed by atoms with Gasteiger partial charge in [-0.25, -0.2) is 0 Å². The van der Waals surface area contributed by atoms with Gasteiger partial charge in [0.05, 0.1) is 36.5 Å². The van der Waals surface area contributed by atoms with E-state index in [9.17, 15) is 4.79 Å². The smallest absolute Gasteiger partial charge is 0.283 e. The van der Waals surface area contributed by atoms with Gasteiger partial charge in [0, 0.05) is 0 Å². The van der Waals surface area contributed by atoms with Crippen LogP contribution in [-0.2, 0) is 13.0 Å². The Bertz CT molecular complexity index is 1100. The number of hydrogen-bond acceptors (Lipinski definition) is 4. The van der Waals surface area contributed by atoms with Crippen LogP contribution in [0.1, 0.15) is 22.8 Å². The van der Waals surface area contributed by atoms with Gasteiger partial charge in [-0.2, -0.15) is 4.99 Å². The second kappa shape index (κ2) is 8.11. The molecular formula is C21H20N2O3S. The Morgan fingerprint density at radius 3 is 2.74 bits per heavy atom. The zero-order valence-electron chi connectivity index (χ0n) is 15.5. The fraction of sp³-hybridized carbons (Fsp3) is 0.238. The summed E-state index contributed by atoms with van der Waals surface area (Å²) >= 11 is 1.45. The Morgan fingerprint density at radius 1 is 1.26 bits per heavy atom. The number of benzene rings is 2. The Balaban J connectivity index is 2.17. The molecule has 0 unspecified atom stereocenters. The molecule has 0 aliphatic carbocycles. The molecule has 0 radical (unpaired) electrons. The predicted molar refractivity (Wildman–Crippen MR) is 107 cm³/mol. The predicted octanol–water partition coefficient (Wildman–Crippen LogP) is 3.66. The quantitative estimate of drug-likeness (QED) is 0.635. The van der Waals surface area contributed by atoms with E-state index in [2.05, 4.69) is 30.0 Å². The van der Waals surface area contributed by atoms with Gasteiger partial charge < -0.3 is 14.0 Å². The van der Waals surface area contributed by atoms with Crippen molar-refractivity contribution in [1.29, 1.82) is 0 Å². The molecule has 0 N–H and O–H groups in total. The fourth-order valence-electron chi connectivity index (χ4n) is 2.87. The van der Waals surface area contributed by atoms with Gasteiger partial charge in [0.25, 0.3) is 5.91 Å². The molecule has 2 aromatic carbocycles. The van der Waals surface area contributed by atoms with Crippen molar-refractivity contribution in [1.82, 2.24) is 4.57 Å². The van der Waals surface area contributed by atoms with Crippen molar-refractivity contribution >= 4 is 27.5 Å². The van der Waals surface area contributed by atoms with E-state index < -0.39 is 5.91 Å². The van der Waals surface area contributed by atoms with E-state index in [1.54, 1.807) is 18.2 Å². The summed E-state index contributed by atoms with van der Waals surface area (Å²) < 4.78 is 13.5. The molecule has 0 atom stereocenters. The number of methoxy groups -OCH3 is 2. The van der Waals surface area contributed by atoms with Gasteiger partial charge in [-0.3, -0.25) is 4.79 Å². The van der Waals surface area contributed by atoms with E-state index in [0.717, 1.165) is 16.6 Å². The van der Waals surface area contributed by atoms with Gasteiger partial charge in [0.2, 0.25) is 0 Å². The molecular weight excluding hydrogens is 360 g/mol. The molecule has 0 aliphatic heterocycles. The summed E-state index contributed by atoms with van der Waals surface area (Å²) in [6.07, 6.45) is 6.47. The number of terminal acetylenes is 1. The van der Waals surface area contributed by atoms with Crippen molar-refractivity contribution < 1.29 is 14.3 Å². The number of fused-ring (bicyclic) bond motifs is 1. The van der Waals surface area contributed by atoms with E-state index in [1.165, 1.54) is 31.1 Å². The minimum Gasteiger partial charge on any atom is -0.493 e. The number of ether oxygens (including phenoxy) is 2. The lowest BCUT2D eigenvalue weighted by Gasteiger charge is -2.09. The van der Waals surface area contributed by atoms with E-state index in [-0.39, 0.29) is 0 Å². The number of hydrogen-bond donors (Lipinski definition) is 0. The second-order valence-electron chi connectivity index (χ2n) is 5.79. The van der Waals surface area contributed by atoms with Crippen molar-refractivity contribution in [2.24, 2.45) is 4.99 Å². The normalized spacial score (nSPS) is 11.4. The number of para-hydroxylation sites is 1. The van der Waals surface area contributed by atoms with Gasteiger partial charge in [-0.05, 0) is 36.2 Å². The highest BCUT2D eigenvalue weighted by molar-refractivity contribution is 7.16. The second-order valence-corrected chi connectivity index (χ2v) is 6.80. The number of carbonyl (C=O) groups excluding carboxylic acids is 1. The molecule has 3 rings (SSSR count). The van der Waals surface area contributed by atoms with Crippen LogP contribution in [-0.4, -0.2) is 24.7 Å². The summed E-state index contributed by atoms with van der Waals surface area (Å²) in [5.41, 5.74) is 2.54. The highest BCUT2D eigenvalue weighted by atomic mass is 32.1. The Hall–Kier alpha value is -3.04. The fourth-order valence-corrected chi connectivity index (χ4v) is 3.96. The van der Waals surface area contributed by atoms with Crippen molar-refractivity contribution in [3.05, 3.63) is 52.3 Å². The van der Waals surface area contributed by atoms with E-state index >= 15 is 0 Å². The lowest BCUT2D eigenvalue weighted by atomic mass is 10.1. The molecule has 0 fully saturated rings. The first-order valence-corrected chi connectivity index (χ1v) is 9.30. The van der Waals surface area contributed by atoms with Crippen LogP contribution in [0.4, 0.5) is 0 Å². The van der Waals surface area contributed by atoms with Crippen molar-refractivity contribution in [2.45, 2.75) is 19.9 Å². The topological polar surface area (TPSA) is 52.8 Å². The summed E-state index contributed by atoms with van der Waals surface area (Å²) in [6.45, 7) is 2.45. The summed E-state index contributed by atoms with van der Waals surface area (Å²) in [4.78, 5) is 17.8. The average Bonchev–Trinajstić information content (AvgIpc) is 3.03. The molecule has 1 heterocycles. The zero-order valence-corrected chi connectivity index (χ0v) is 16.3. The van der Waals surface area contributed by atoms with Crippen LogP contribution in [0.5, 0.6) is 11.5 Å². The van der Waals surface area contributed by atoms with E-state index in [4.69, 9.17) is 15.9 Å². The van der Waals surface area contributed by atoms with Crippen LogP contribution < -0.4 is 14.3 Å². The van der Waals surface area contributed by atoms with Crippen LogP contribution in [0, 0.1) is 12.3 Å². The van der Waals surface area contributed by atoms with Crippen molar-refractivity contribution in [2.75, 3.05) is 14.2 Å². The lowest BCUT2D eigenvalue weighted by molar-refractivity contribution is 0.0994. The van der Waals surface area contributed by atoms with Crippen LogP contribution in [0.2, 0.25) is 0 Å². The Morgan fingerprint density at radius 2 is 2.07 bits per heavy atom. The van der Waals surface area contributed by atoms with Gasteiger partial charge in [0.15, 0.2) is 16.3 Å². The third-order valence-corrected chi connectivity index (χ3v) is 5.28. The summed E-state index contributed by atoms with van der Waals surface area (Å²) in [7, 11) is 3.03. The first kappa shape index (κ1) is 18.7. The largest absolute Gasteiger partial charge is 0.493 e. The molecule has 5 nitrogen and oxygen atoms in total. The van der Waals surface area contributed by atoms with E-state index in [1.807, 2.05) is 10.6 Å². The molecule has 3 aromatic rings. The van der Waals surface area contributed by atoms with Gasteiger partial charge in [-0.1, -0.05) is 36.3 Å². The maximum absolute atomic E-state index is 12.9. The first-order valence-electron chi connectivity index (χ1n) is 8.48. The molecule has 0 spiro atoms. The lowest BCUT2D eigenvalue weighted by Crippen LogP contribution is -2.16. The minimum atomic E-state index is -0.404. The maximum atomic E-state index is 12.9. The monoisotopic (exact) mass is 380 g/mol. The molecule has 0 bridgehead atoms. The number of nitrogens with zero attached hydrogens (tertiary/aromatic N) is 2. The average molecular weight is 380 g/mol. The zero-order chi connectivity index (χ0) is 19.4. The molecule has 0 saturated carbocycles. The summed E-state index contributed by atoms with van der Waals surface area (Å²) in [5, 5.41) is 0. The molecule has 138 valence electrons. The third-order valence-electron chi connectivity index (χ3n) is 4.24.